The number of hydrogen-bond donors (Lipinski definition) is 0. The van der Waals surface area contributed by atoms with E-state index in [1.807, 2.05) is 0 Å². The van der Waals surface area contributed by atoms with E-state index in [4.69, 9.17) is 0 Å². The number of rotatable bonds is 0. The predicted molar refractivity (Wildman–Crippen MR) is 79.5 cm³/mol. The summed E-state index contributed by atoms with van der Waals surface area (Å²) in [5, 5.41) is 0. The molecule has 17 heavy (non-hydrogen) atoms. The molecule has 0 amide bonds. The zero-order chi connectivity index (χ0) is 12.2. The summed E-state index contributed by atoms with van der Waals surface area (Å²) in [6, 6.07) is 6.70. The fourth-order valence-corrected chi connectivity index (χ4v) is 3.96. The summed E-state index contributed by atoms with van der Waals surface area (Å²) in [5.74, 6) is 1.10. The molecule has 2 unspecified atom stereocenters. The van der Waals surface area contributed by atoms with Crippen molar-refractivity contribution in [2.45, 2.75) is 25.2 Å². The summed E-state index contributed by atoms with van der Waals surface area (Å²) < 4.78 is 2.38. The van der Waals surface area contributed by atoms with Gasteiger partial charge >= 0.3 is 0 Å². The lowest BCUT2D eigenvalue weighted by Crippen LogP contribution is -2.25. The Hall–Kier alpha value is -0.340. The molecule has 0 aromatic heterocycles. The second kappa shape index (κ2) is 3.83. The monoisotopic (exact) mass is 352 g/mol. The Labute approximate surface area is 119 Å². The van der Waals surface area contributed by atoms with Crippen LogP contribution in [-0.2, 0) is 5.41 Å². The van der Waals surface area contributed by atoms with Crippen LogP contribution >= 0.6 is 31.9 Å². The highest BCUT2D eigenvalue weighted by molar-refractivity contribution is 9.12. The normalized spacial score (nSPS) is 28.6. The summed E-state index contributed by atoms with van der Waals surface area (Å²) in [7, 11) is 0. The van der Waals surface area contributed by atoms with E-state index in [1.165, 1.54) is 20.1 Å². The van der Waals surface area contributed by atoms with Gasteiger partial charge in [0.1, 0.15) is 0 Å². The zero-order valence-electron chi connectivity index (χ0n) is 9.87. The molecule has 0 nitrogen and oxygen atoms in total. The summed E-state index contributed by atoms with van der Waals surface area (Å²) in [5.41, 5.74) is 3.16. The van der Waals surface area contributed by atoms with Gasteiger partial charge in [-0.05, 0) is 34.6 Å². The fourth-order valence-electron chi connectivity index (χ4n) is 3.16. The second-order valence-electron chi connectivity index (χ2n) is 5.42. The van der Waals surface area contributed by atoms with E-state index in [2.05, 4.69) is 82.1 Å². The first-order chi connectivity index (χ1) is 8.00. The van der Waals surface area contributed by atoms with Crippen molar-refractivity contribution in [2.24, 2.45) is 5.92 Å². The van der Waals surface area contributed by atoms with Crippen LogP contribution in [-0.4, -0.2) is 0 Å². The molecule has 1 aromatic rings. The molecule has 2 aliphatic rings. The van der Waals surface area contributed by atoms with E-state index in [1.54, 1.807) is 0 Å². The lowest BCUT2D eigenvalue weighted by molar-refractivity contribution is 0.394. The van der Waals surface area contributed by atoms with Crippen LogP contribution in [0.5, 0.6) is 0 Å². The lowest BCUT2D eigenvalue weighted by atomic mass is 9.74. The van der Waals surface area contributed by atoms with Crippen LogP contribution in [0, 0.1) is 5.92 Å². The minimum Gasteiger partial charge on any atom is -0.0753 e. The van der Waals surface area contributed by atoms with Gasteiger partial charge in [0.25, 0.3) is 0 Å². The van der Waals surface area contributed by atoms with Crippen molar-refractivity contribution in [3.8, 4) is 0 Å². The number of benzene rings is 1. The van der Waals surface area contributed by atoms with E-state index >= 15 is 0 Å². The van der Waals surface area contributed by atoms with Crippen molar-refractivity contribution in [3.63, 3.8) is 0 Å². The molecular formula is C15H14Br2. The van der Waals surface area contributed by atoms with Gasteiger partial charge in [0, 0.05) is 14.9 Å². The maximum absolute atomic E-state index is 3.60. The third-order valence-corrected chi connectivity index (χ3v) is 5.11. The van der Waals surface area contributed by atoms with E-state index in [0.717, 1.165) is 0 Å². The molecule has 0 spiro atoms. The zero-order valence-corrected chi connectivity index (χ0v) is 13.0. The van der Waals surface area contributed by atoms with E-state index in [0.29, 0.717) is 11.8 Å². The highest BCUT2D eigenvalue weighted by Gasteiger charge is 2.44. The first kappa shape index (κ1) is 11.7. The Morgan fingerprint density at radius 1 is 1.18 bits per heavy atom. The Bertz CT molecular complexity index is 538. The van der Waals surface area contributed by atoms with Crippen LogP contribution in [0.4, 0.5) is 0 Å². The summed E-state index contributed by atoms with van der Waals surface area (Å²) >= 11 is 7.19. The van der Waals surface area contributed by atoms with Gasteiger partial charge in [-0.15, -0.1) is 0 Å². The van der Waals surface area contributed by atoms with Gasteiger partial charge in [0.2, 0.25) is 0 Å². The largest absolute Gasteiger partial charge is 0.0753 e. The van der Waals surface area contributed by atoms with Crippen molar-refractivity contribution >= 4 is 31.9 Å². The summed E-state index contributed by atoms with van der Waals surface area (Å²) in [6.45, 7) is 4.69. The van der Waals surface area contributed by atoms with Crippen LogP contribution in [0.15, 0.2) is 45.4 Å². The molecule has 0 saturated carbocycles. The SMILES string of the molecule is CC1(C)c2cc(Br)ccc2C2C=CC(Br)=CC21. The highest BCUT2D eigenvalue weighted by atomic mass is 79.9. The van der Waals surface area contributed by atoms with Gasteiger partial charge in [-0.3, -0.25) is 0 Å². The van der Waals surface area contributed by atoms with E-state index < -0.39 is 0 Å². The number of fused-ring (bicyclic) bond motifs is 3. The molecule has 0 fully saturated rings. The molecule has 0 heterocycles. The van der Waals surface area contributed by atoms with Crippen LogP contribution < -0.4 is 0 Å². The molecule has 0 bridgehead atoms. The molecule has 3 rings (SSSR count). The third-order valence-electron chi connectivity index (χ3n) is 4.09. The molecule has 0 aliphatic heterocycles. The second-order valence-corrected chi connectivity index (χ2v) is 7.25. The molecule has 0 N–H and O–H groups in total. The quantitative estimate of drug-likeness (QED) is 0.594. The van der Waals surface area contributed by atoms with Crippen molar-refractivity contribution in [1.82, 2.24) is 0 Å². The number of halogens is 2. The lowest BCUT2D eigenvalue weighted by Gasteiger charge is -2.30. The van der Waals surface area contributed by atoms with Crippen LogP contribution in [0.3, 0.4) is 0 Å². The number of hydrogen-bond acceptors (Lipinski definition) is 0. The van der Waals surface area contributed by atoms with Crippen molar-refractivity contribution in [3.05, 3.63) is 56.5 Å². The Balaban J connectivity index is 2.21. The maximum atomic E-state index is 3.60. The average Bonchev–Trinajstić information content (AvgIpc) is 2.49. The van der Waals surface area contributed by atoms with Crippen molar-refractivity contribution in [2.75, 3.05) is 0 Å². The predicted octanol–water partition coefficient (Wildman–Crippen LogP) is 5.29. The van der Waals surface area contributed by atoms with Crippen LogP contribution in [0.2, 0.25) is 0 Å². The Morgan fingerprint density at radius 2 is 1.94 bits per heavy atom. The topological polar surface area (TPSA) is 0 Å². The Morgan fingerprint density at radius 3 is 2.71 bits per heavy atom. The van der Waals surface area contributed by atoms with Gasteiger partial charge in [-0.25, -0.2) is 0 Å². The first-order valence-corrected chi connectivity index (χ1v) is 7.44. The fraction of sp³-hybridized carbons (Fsp3) is 0.333. The summed E-state index contributed by atoms with van der Waals surface area (Å²) in [6.07, 6.45) is 6.86. The van der Waals surface area contributed by atoms with Crippen LogP contribution in [0.1, 0.15) is 30.9 Å². The third kappa shape index (κ3) is 1.68. The van der Waals surface area contributed by atoms with E-state index in [-0.39, 0.29) is 5.41 Å². The van der Waals surface area contributed by atoms with Gasteiger partial charge < -0.3 is 0 Å². The molecule has 0 radical (unpaired) electrons. The molecule has 1 aromatic carbocycles. The molecule has 88 valence electrons. The van der Waals surface area contributed by atoms with E-state index in [9.17, 15) is 0 Å². The minimum absolute atomic E-state index is 0.202. The van der Waals surface area contributed by atoms with Gasteiger partial charge in [0.15, 0.2) is 0 Å². The Kier molecular flexibility index (Phi) is 2.64. The van der Waals surface area contributed by atoms with Crippen LogP contribution in [0.25, 0.3) is 0 Å². The first-order valence-electron chi connectivity index (χ1n) is 5.85. The van der Waals surface area contributed by atoms with Crippen molar-refractivity contribution in [1.29, 1.82) is 0 Å². The summed E-state index contributed by atoms with van der Waals surface area (Å²) in [4.78, 5) is 0. The maximum Gasteiger partial charge on any atom is 0.0178 e. The highest BCUT2D eigenvalue weighted by Crippen LogP contribution is 2.54. The standard InChI is InChI=1S/C15H14Br2/c1-15(2)13-7-9(16)3-5-11(13)12-6-4-10(17)8-14(12)15/h3-8,11,13H,1-2H3. The van der Waals surface area contributed by atoms with Gasteiger partial charge in [-0.2, -0.15) is 0 Å². The number of allylic oxidation sites excluding steroid dienone is 4. The molecule has 0 saturated heterocycles. The van der Waals surface area contributed by atoms with Gasteiger partial charge in [-0.1, -0.05) is 70.0 Å². The van der Waals surface area contributed by atoms with Gasteiger partial charge in [0.05, 0.1) is 0 Å². The molecule has 2 atom stereocenters. The molecule has 2 heteroatoms. The molecular weight excluding hydrogens is 340 g/mol. The average molecular weight is 354 g/mol. The smallest absolute Gasteiger partial charge is 0.0178 e. The van der Waals surface area contributed by atoms with Crippen molar-refractivity contribution < 1.29 is 0 Å². The molecule has 2 aliphatic carbocycles. The minimum atomic E-state index is 0.202.